The number of aryl methyl sites for hydroxylation is 2. The Morgan fingerprint density at radius 2 is 1.86 bits per heavy atom. The van der Waals surface area contributed by atoms with Crippen molar-refractivity contribution in [1.82, 2.24) is 0 Å². The van der Waals surface area contributed by atoms with Gasteiger partial charge in [-0.05, 0) is 37.3 Å². The molecule has 0 amide bonds. The van der Waals surface area contributed by atoms with E-state index in [1.54, 1.807) is 6.26 Å². The van der Waals surface area contributed by atoms with Crippen molar-refractivity contribution in [2.24, 2.45) is 21.7 Å². The Kier molecular flexibility index (Phi) is 3.71. The maximum Gasteiger partial charge on any atom is 0.211 e. The molecule has 3 rings (SSSR count). The standard InChI is InChI=1S/C17H20N4O/c1-10-3-5-12(6-4-10)13-7-14(20-21-17(18)19)16-11(2)9-22-15(16)8-13/h3-6,9,13H,7-8H2,1-2H3,(H4,18,19,21). The molecule has 4 N–H and O–H groups in total. The summed E-state index contributed by atoms with van der Waals surface area (Å²) in [4.78, 5) is 0. The van der Waals surface area contributed by atoms with Crippen molar-refractivity contribution < 1.29 is 4.42 Å². The molecule has 0 saturated heterocycles. The Hall–Kier alpha value is -2.56. The van der Waals surface area contributed by atoms with Gasteiger partial charge in [0.15, 0.2) is 0 Å². The molecular weight excluding hydrogens is 276 g/mol. The summed E-state index contributed by atoms with van der Waals surface area (Å²) < 4.78 is 5.71. The molecule has 5 nitrogen and oxygen atoms in total. The number of furan rings is 1. The van der Waals surface area contributed by atoms with Crippen LogP contribution >= 0.6 is 0 Å². The first-order chi connectivity index (χ1) is 10.5. The van der Waals surface area contributed by atoms with Crippen molar-refractivity contribution in [3.8, 4) is 0 Å². The number of nitrogens with two attached hydrogens (primary N) is 2. The van der Waals surface area contributed by atoms with Crippen LogP contribution in [0.25, 0.3) is 0 Å². The lowest BCUT2D eigenvalue weighted by Gasteiger charge is -2.23. The molecule has 0 fully saturated rings. The molecule has 2 aromatic rings. The molecule has 1 aliphatic rings. The van der Waals surface area contributed by atoms with E-state index in [2.05, 4.69) is 41.4 Å². The van der Waals surface area contributed by atoms with Crippen molar-refractivity contribution in [3.63, 3.8) is 0 Å². The largest absolute Gasteiger partial charge is 0.468 e. The van der Waals surface area contributed by atoms with Crippen LogP contribution in [-0.4, -0.2) is 11.7 Å². The van der Waals surface area contributed by atoms with Gasteiger partial charge >= 0.3 is 0 Å². The number of hydrogen-bond donors (Lipinski definition) is 2. The third kappa shape index (κ3) is 2.74. The predicted molar refractivity (Wildman–Crippen MR) is 88.0 cm³/mol. The number of nitrogens with zero attached hydrogens (tertiary/aromatic N) is 2. The molecule has 5 heteroatoms. The minimum atomic E-state index is -0.0346. The normalized spacial score (nSPS) is 19.0. The SMILES string of the molecule is Cc1ccc(C2CC(=NN=C(N)N)c3c(C)coc3C2)cc1. The highest BCUT2D eigenvalue weighted by Gasteiger charge is 2.29. The lowest BCUT2D eigenvalue weighted by atomic mass is 9.81. The van der Waals surface area contributed by atoms with Crippen LogP contribution in [0.15, 0.2) is 45.1 Å². The second-order valence-corrected chi connectivity index (χ2v) is 5.80. The topological polar surface area (TPSA) is 89.9 Å². The van der Waals surface area contributed by atoms with E-state index in [1.165, 1.54) is 11.1 Å². The second kappa shape index (κ2) is 5.67. The third-order valence-corrected chi connectivity index (χ3v) is 4.05. The van der Waals surface area contributed by atoms with Crippen molar-refractivity contribution >= 4 is 11.7 Å². The average Bonchev–Trinajstić information content (AvgIpc) is 2.87. The molecule has 22 heavy (non-hydrogen) atoms. The molecule has 1 aromatic carbocycles. The predicted octanol–water partition coefficient (Wildman–Crippen LogP) is 2.60. The van der Waals surface area contributed by atoms with Gasteiger partial charge in [-0.25, -0.2) is 0 Å². The fraction of sp³-hybridized carbons (Fsp3) is 0.294. The Labute approximate surface area is 129 Å². The molecule has 1 heterocycles. The van der Waals surface area contributed by atoms with Gasteiger partial charge in [0.2, 0.25) is 5.96 Å². The molecule has 0 aliphatic heterocycles. The Bertz CT molecular complexity index is 737. The minimum Gasteiger partial charge on any atom is -0.468 e. The van der Waals surface area contributed by atoms with Crippen molar-refractivity contribution in [2.75, 3.05) is 0 Å². The van der Waals surface area contributed by atoms with E-state index < -0.39 is 0 Å². The average molecular weight is 296 g/mol. The monoisotopic (exact) mass is 296 g/mol. The summed E-state index contributed by atoms with van der Waals surface area (Å²) in [7, 11) is 0. The van der Waals surface area contributed by atoms with Crippen LogP contribution in [0.3, 0.4) is 0 Å². The molecule has 0 bridgehead atoms. The summed E-state index contributed by atoms with van der Waals surface area (Å²) in [5.41, 5.74) is 16.3. The van der Waals surface area contributed by atoms with E-state index in [0.29, 0.717) is 5.92 Å². The molecule has 0 spiro atoms. The van der Waals surface area contributed by atoms with Gasteiger partial charge in [-0.1, -0.05) is 29.8 Å². The summed E-state index contributed by atoms with van der Waals surface area (Å²) in [6.07, 6.45) is 3.44. The van der Waals surface area contributed by atoms with Crippen molar-refractivity contribution in [2.45, 2.75) is 32.6 Å². The zero-order chi connectivity index (χ0) is 15.7. The highest BCUT2D eigenvalue weighted by molar-refractivity contribution is 6.04. The molecule has 1 atom stereocenters. The molecule has 1 aliphatic carbocycles. The summed E-state index contributed by atoms with van der Waals surface area (Å²) in [5, 5.41) is 8.07. The van der Waals surface area contributed by atoms with Gasteiger partial charge in [-0.2, -0.15) is 5.10 Å². The van der Waals surface area contributed by atoms with Crippen LogP contribution in [0.1, 0.15) is 40.4 Å². The number of benzene rings is 1. The zero-order valence-corrected chi connectivity index (χ0v) is 12.8. The highest BCUT2D eigenvalue weighted by Crippen LogP contribution is 2.35. The van der Waals surface area contributed by atoms with Crippen LogP contribution in [0, 0.1) is 13.8 Å². The first kappa shape index (κ1) is 14.4. The number of hydrogen-bond acceptors (Lipinski definition) is 3. The minimum absolute atomic E-state index is 0.0346. The summed E-state index contributed by atoms with van der Waals surface area (Å²) in [6, 6.07) is 8.59. The third-order valence-electron chi connectivity index (χ3n) is 4.05. The van der Waals surface area contributed by atoms with Gasteiger partial charge in [-0.15, -0.1) is 5.10 Å². The van der Waals surface area contributed by atoms with Crippen molar-refractivity contribution in [3.05, 3.63) is 58.5 Å². The maximum atomic E-state index is 5.71. The summed E-state index contributed by atoms with van der Waals surface area (Å²) in [6.45, 7) is 4.10. The fourth-order valence-electron chi connectivity index (χ4n) is 2.95. The maximum absolute atomic E-state index is 5.71. The molecular formula is C17H20N4O. The smallest absolute Gasteiger partial charge is 0.211 e. The fourth-order valence-corrected chi connectivity index (χ4v) is 2.95. The molecule has 1 aromatic heterocycles. The van der Waals surface area contributed by atoms with Gasteiger partial charge in [0.05, 0.1) is 12.0 Å². The second-order valence-electron chi connectivity index (χ2n) is 5.80. The Morgan fingerprint density at radius 1 is 1.14 bits per heavy atom. The van der Waals surface area contributed by atoms with Gasteiger partial charge < -0.3 is 15.9 Å². The first-order valence-corrected chi connectivity index (χ1v) is 7.34. The number of rotatable bonds is 2. The van der Waals surface area contributed by atoms with E-state index in [4.69, 9.17) is 15.9 Å². The van der Waals surface area contributed by atoms with Gasteiger partial charge in [0, 0.05) is 12.0 Å². The lowest BCUT2D eigenvalue weighted by molar-refractivity contribution is 0.480. The van der Waals surface area contributed by atoms with Crippen LogP contribution in [0.5, 0.6) is 0 Å². The molecule has 1 unspecified atom stereocenters. The molecule has 114 valence electrons. The Morgan fingerprint density at radius 3 is 2.55 bits per heavy atom. The van der Waals surface area contributed by atoms with Crippen LogP contribution in [0.4, 0.5) is 0 Å². The molecule has 0 saturated carbocycles. The number of fused-ring (bicyclic) bond motifs is 1. The number of guanidine groups is 1. The van der Waals surface area contributed by atoms with E-state index in [1.807, 2.05) is 6.92 Å². The summed E-state index contributed by atoms with van der Waals surface area (Å²) in [5.74, 6) is 1.25. The van der Waals surface area contributed by atoms with Gasteiger partial charge in [0.25, 0.3) is 0 Å². The van der Waals surface area contributed by atoms with Crippen molar-refractivity contribution in [1.29, 1.82) is 0 Å². The van der Waals surface area contributed by atoms with E-state index in [0.717, 1.165) is 35.4 Å². The van der Waals surface area contributed by atoms with E-state index in [9.17, 15) is 0 Å². The Balaban J connectivity index is 2.00. The van der Waals surface area contributed by atoms with Crippen LogP contribution in [0.2, 0.25) is 0 Å². The van der Waals surface area contributed by atoms with Crippen LogP contribution < -0.4 is 11.5 Å². The highest BCUT2D eigenvalue weighted by atomic mass is 16.3. The van der Waals surface area contributed by atoms with Gasteiger partial charge in [-0.3, -0.25) is 0 Å². The zero-order valence-electron chi connectivity index (χ0n) is 12.8. The van der Waals surface area contributed by atoms with Crippen LogP contribution in [-0.2, 0) is 6.42 Å². The summed E-state index contributed by atoms with van der Waals surface area (Å²) >= 11 is 0. The van der Waals surface area contributed by atoms with Gasteiger partial charge in [0.1, 0.15) is 5.76 Å². The molecule has 0 radical (unpaired) electrons. The van der Waals surface area contributed by atoms with E-state index in [-0.39, 0.29) is 5.96 Å². The first-order valence-electron chi connectivity index (χ1n) is 7.34. The van der Waals surface area contributed by atoms with E-state index >= 15 is 0 Å². The lowest BCUT2D eigenvalue weighted by Crippen LogP contribution is -2.23. The quantitative estimate of drug-likeness (QED) is 0.507.